The average Bonchev–Trinajstić information content (AvgIpc) is 3.32. The minimum Gasteiger partial charge on any atom is -0.444 e. The number of amides is 2. The molecule has 1 aliphatic rings. The zero-order valence-electron chi connectivity index (χ0n) is 23.3. The molecule has 0 bridgehead atoms. The largest absolute Gasteiger partial charge is 0.444 e. The Balaban J connectivity index is 1.47. The second-order valence-electron chi connectivity index (χ2n) is 11.3. The number of benzene rings is 3. The standard InChI is InChI=1S/C32H41N3O4/c1-32(2,3)39-31(37)34-29(19-23-10-5-4-6-11-23)30(36)35-21-28(20-27(35)14-9-17-33)38-22-24-15-16-25-12-7-8-13-26(25)18-24/h4-8,10-13,15-16,18,27-29H,9,14,17,19-22,33H2,1-3H3,(H,34,37)/t27-,28+,29+/m0/s1. The molecule has 3 N–H and O–H groups in total. The van der Waals surface area contributed by atoms with Crippen molar-refractivity contribution in [3.8, 4) is 0 Å². The highest BCUT2D eigenvalue weighted by atomic mass is 16.6. The molecule has 0 saturated carbocycles. The van der Waals surface area contributed by atoms with Crippen LogP contribution in [0.15, 0.2) is 72.8 Å². The summed E-state index contributed by atoms with van der Waals surface area (Å²) >= 11 is 0. The van der Waals surface area contributed by atoms with E-state index in [1.54, 1.807) is 20.8 Å². The van der Waals surface area contributed by atoms with E-state index >= 15 is 0 Å². The smallest absolute Gasteiger partial charge is 0.408 e. The Morgan fingerprint density at radius 3 is 2.44 bits per heavy atom. The van der Waals surface area contributed by atoms with Gasteiger partial charge >= 0.3 is 6.09 Å². The molecule has 2 amide bonds. The van der Waals surface area contributed by atoms with E-state index in [1.165, 1.54) is 10.8 Å². The Kier molecular flexibility index (Phi) is 9.59. The highest BCUT2D eigenvalue weighted by molar-refractivity contribution is 5.86. The number of nitrogens with one attached hydrogen (secondary N) is 1. The van der Waals surface area contributed by atoms with Crippen molar-refractivity contribution in [1.29, 1.82) is 0 Å². The zero-order chi connectivity index (χ0) is 27.8. The lowest BCUT2D eigenvalue weighted by Gasteiger charge is -2.30. The van der Waals surface area contributed by atoms with E-state index in [2.05, 4.69) is 35.6 Å². The lowest BCUT2D eigenvalue weighted by molar-refractivity contribution is -0.134. The Morgan fingerprint density at radius 1 is 1.00 bits per heavy atom. The molecular formula is C32H41N3O4. The highest BCUT2D eigenvalue weighted by Gasteiger charge is 2.39. The van der Waals surface area contributed by atoms with Crippen molar-refractivity contribution in [2.24, 2.45) is 5.73 Å². The summed E-state index contributed by atoms with van der Waals surface area (Å²) in [5.74, 6) is -0.122. The van der Waals surface area contributed by atoms with Crippen LogP contribution in [0.25, 0.3) is 10.8 Å². The maximum Gasteiger partial charge on any atom is 0.408 e. The molecule has 3 aromatic rings. The van der Waals surface area contributed by atoms with Gasteiger partial charge in [0.05, 0.1) is 12.7 Å². The molecule has 1 fully saturated rings. The molecule has 0 spiro atoms. The van der Waals surface area contributed by atoms with E-state index in [9.17, 15) is 9.59 Å². The van der Waals surface area contributed by atoms with Gasteiger partial charge in [-0.25, -0.2) is 4.79 Å². The lowest BCUT2D eigenvalue weighted by atomic mass is 10.0. The van der Waals surface area contributed by atoms with Crippen molar-refractivity contribution in [3.05, 3.63) is 83.9 Å². The summed E-state index contributed by atoms with van der Waals surface area (Å²) in [4.78, 5) is 28.5. The van der Waals surface area contributed by atoms with Crippen molar-refractivity contribution in [1.82, 2.24) is 10.2 Å². The van der Waals surface area contributed by atoms with Crippen LogP contribution in [-0.2, 0) is 27.3 Å². The van der Waals surface area contributed by atoms with Crippen molar-refractivity contribution in [2.45, 2.75) is 76.9 Å². The van der Waals surface area contributed by atoms with Gasteiger partial charge in [-0.3, -0.25) is 4.79 Å². The Bertz CT molecular complexity index is 1240. The number of hydrogen-bond acceptors (Lipinski definition) is 5. The van der Waals surface area contributed by atoms with Crippen LogP contribution in [0, 0.1) is 0 Å². The van der Waals surface area contributed by atoms with Gasteiger partial charge in [-0.05, 0) is 74.5 Å². The van der Waals surface area contributed by atoms with E-state index in [0.717, 1.165) is 30.4 Å². The molecule has 0 aromatic heterocycles. The van der Waals surface area contributed by atoms with Gasteiger partial charge in [-0.2, -0.15) is 0 Å². The SMILES string of the molecule is CC(C)(C)OC(=O)N[C@H](Cc1ccccc1)C(=O)N1C[C@H](OCc2ccc3ccccc3c2)C[C@@H]1CCCN. The van der Waals surface area contributed by atoms with E-state index in [-0.39, 0.29) is 18.1 Å². The summed E-state index contributed by atoms with van der Waals surface area (Å²) in [6, 6.07) is 23.6. The van der Waals surface area contributed by atoms with Crippen LogP contribution in [0.1, 0.15) is 51.2 Å². The van der Waals surface area contributed by atoms with Crippen molar-refractivity contribution in [2.75, 3.05) is 13.1 Å². The molecule has 7 heteroatoms. The predicted octanol–water partition coefficient (Wildman–Crippen LogP) is 5.20. The van der Waals surface area contributed by atoms with Crippen LogP contribution in [0.4, 0.5) is 4.79 Å². The third kappa shape index (κ3) is 8.28. The first-order chi connectivity index (χ1) is 18.7. The van der Waals surface area contributed by atoms with Crippen molar-refractivity contribution in [3.63, 3.8) is 0 Å². The fourth-order valence-corrected chi connectivity index (χ4v) is 5.13. The maximum absolute atomic E-state index is 14.0. The van der Waals surface area contributed by atoms with Crippen LogP contribution in [0.2, 0.25) is 0 Å². The van der Waals surface area contributed by atoms with Gasteiger partial charge in [-0.1, -0.05) is 66.7 Å². The lowest BCUT2D eigenvalue weighted by Crippen LogP contribution is -2.52. The van der Waals surface area contributed by atoms with Crippen LogP contribution in [0.5, 0.6) is 0 Å². The third-order valence-electron chi connectivity index (χ3n) is 6.97. The third-order valence-corrected chi connectivity index (χ3v) is 6.97. The van der Waals surface area contributed by atoms with Gasteiger partial charge in [-0.15, -0.1) is 0 Å². The number of ether oxygens (including phenoxy) is 2. The number of rotatable bonds is 10. The van der Waals surface area contributed by atoms with Crippen LogP contribution >= 0.6 is 0 Å². The van der Waals surface area contributed by atoms with E-state index in [0.29, 0.717) is 26.1 Å². The number of fused-ring (bicyclic) bond motifs is 1. The summed E-state index contributed by atoms with van der Waals surface area (Å²) < 4.78 is 11.8. The molecule has 3 aromatic carbocycles. The molecule has 1 aliphatic heterocycles. The monoisotopic (exact) mass is 531 g/mol. The van der Waals surface area contributed by atoms with Gasteiger partial charge in [0.1, 0.15) is 11.6 Å². The number of nitrogens with two attached hydrogens (primary N) is 1. The minimum absolute atomic E-state index is 0.00126. The number of hydrogen-bond donors (Lipinski definition) is 2. The van der Waals surface area contributed by atoms with Gasteiger partial charge in [0, 0.05) is 19.0 Å². The second-order valence-corrected chi connectivity index (χ2v) is 11.3. The van der Waals surface area contributed by atoms with E-state index < -0.39 is 17.7 Å². The second kappa shape index (κ2) is 13.1. The van der Waals surface area contributed by atoms with Crippen molar-refractivity contribution < 1.29 is 19.1 Å². The normalized spacial score (nSPS) is 18.2. The molecule has 0 radical (unpaired) electrons. The number of nitrogens with zero attached hydrogens (tertiary/aromatic N) is 1. The minimum atomic E-state index is -0.748. The Morgan fingerprint density at radius 2 is 1.72 bits per heavy atom. The fourth-order valence-electron chi connectivity index (χ4n) is 5.13. The summed E-state index contributed by atoms with van der Waals surface area (Å²) in [5.41, 5.74) is 7.23. The molecule has 3 atom stereocenters. The first-order valence-corrected chi connectivity index (χ1v) is 13.8. The number of carbonyl (C=O) groups excluding carboxylic acids is 2. The predicted molar refractivity (Wildman–Crippen MR) is 154 cm³/mol. The first-order valence-electron chi connectivity index (χ1n) is 13.8. The summed E-state index contributed by atoms with van der Waals surface area (Å²) in [6.07, 6.45) is 2.03. The number of carbonyl (C=O) groups is 2. The Labute approximate surface area is 231 Å². The molecule has 0 aliphatic carbocycles. The van der Waals surface area contributed by atoms with Crippen molar-refractivity contribution >= 4 is 22.8 Å². The molecule has 4 rings (SSSR count). The summed E-state index contributed by atoms with van der Waals surface area (Å²) in [7, 11) is 0. The molecule has 1 saturated heterocycles. The van der Waals surface area contributed by atoms with E-state index in [4.69, 9.17) is 15.2 Å². The molecule has 208 valence electrons. The quantitative estimate of drug-likeness (QED) is 0.375. The first kappa shape index (κ1) is 28.6. The van der Waals surface area contributed by atoms with Gasteiger partial charge in [0.25, 0.3) is 0 Å². The Hall–Kier alpha value is -3.42. The topological polar surface area (TPSA) is 93.9 Å². The maximum atomic E-state index is 14.0. The molecule has 39 heavy (non-hydrogen) atoms. The van der Waals surface area contributed by atoms with Gasteiger partial charge < -0.3 is 25.4 Å². The van der Waals surface area contributed by atoms with Crippen LogP contribution in [-0.4, -0.2) is 53.8 Å². The molecule has 1 heterocycles. The summed E-state index contributed by atoms with van der Waals surface area (Å²) in [6.45, 7) is 6.93. The summed E-state index contributed by atoms with van der Waals surface area (Å²) in [5, 5.41) is 5.22. The molecular weight excluding hydrogens is 490 g/mol. The van der Waals surface area contributed by atoms with Gasteiger partial charge in [0.2, 0.25) is 5.91 Å². The fraction of sp³-hybridized carbons (Fsp3) is 0.438. The van der Waals surface area contributed by atoms with E-state index in [1.807, 2.05) is 47.4 Å². The average molecular weight is 532 g/mol. The molecule has 7 nitrogen and oxygen atoms in total. The van der Waals surface area contributed by atoms with Crippen LogP contribution in [0.3, 0.4) is 0 Å². The number of alkyl carbamates (subject to hydrolysis) is 1. The van der Waals surface area contributed by atoms with Gasteiger partial charge in [0.15, 0.2) is 0 Å². The number of likely N-dealkylation sites (tertiary alicyclic amines) is 1. The zero-order valence-corrected chi connectivity index (χ0v) is 23.3. The van der Waals surface area contributed by atoms with Crippen LogP contribution < -0.4 is 11.1 Å². The highest BCUT2D eigenvalue weighted by Crippen LogP contribution is 2.27. The molecule has 0 unspecified atom stereocenters.